The lowest BCUT2D eigenvalue weighted by Crippen LogP contribution is -2.36. The Labute approximate surface area is 124 Å². The van der Waals surface area contributed by atoms with Crippen LogP contribution in [-0.2, 0) is 11.2 Å². The van der Waals surface area contributed by atoms with Crippen LogP contribution < -0.4 is 0 Å². The molecule has 3 nitrogen and oxygen atoms in total. The van der Waals surface area contributed by atoms with Crippen molar-refractivity contribution < 1.29 is 4.74 Å². The van der Waals surface area contributed by atoms with Crippen LogP contribution in [0.15, 0.2) is 18.2 Å². The Morgan fingerprint density at radius 1 is 1.25 bits per heavy atom. The van der Waals surface area contributed by atoms with Crippen molar-refractivity contribution in [3.63, 3.8) is 0 Å². The van der Waals surface area contributed by atoms with E-state index in [2.05, 4.69) is 30.0 Å². The SMILES string of the molecule is Cc1cccc2sc(CCCCN3CCOCC3)nc12. The Morgan fingerprint density at radius 3 is 2.90 bits per heavy atom. The smallest absolute Gasteiger partial charge is 0.0938 e. The molecule has 1 aromatic heterocycles. The molecular weight excluding hydrogens is 268 g/mol. The highest BCUT2D eigenvalue weighted by Gasteiger charge is 2.10. The van der Waals surface area contributed by atoms with Crippen molar-refractivity contribution in [2.45, 2.75) is 26.2 Å². The van der Waals surface area contributed by atoms with Crippen molar-refractivity contribution in [1.82, 2.24) is 9.88 Å². The van der Waals surface area contributed by atoms with Gasteiger partial charge in [-0.15, -0.1) is 11.3 Å². The molecular formula is C16H22N2OS. The van der Waals surface area contributed by atoms with E-state index in [1.165, 1.54) is 40.2 Å². The van der Waals surface area contributed by atoms with Crippen LogP contribution in [0.25, 0.3) is 10.2 Å². The summed E-state index contributed by atoms with van der Waals surface area (Å²) < 4.78 is 6.70. The van der Waals surface area contributed by atoms with Crippen molar-refractivity contribution in [2.75, 3.05) is 32.8 Å². The Hall–Kier alpha value is -0.970. The Kier molecular flexibility index (Phi) is 4.65. The zero-order chi connectivity index (χ0) is 13.8. The normalized spacial score (nSPS) is 16.9. The van der Waals surface area contributed by atoms with Gasteiger partial charge in [0, 0.05) is 13.1 Å². The van der Waals surface area contributed by atoms with E-state index in [-0.39, 0.29) is 0 Å². The summed E-state index contributed by atoms with van der Waals surface area (Å²) in [6, 6.07) is 6.44. The Morgan fingerprint density at radius 2 is 2.10 bits per heavy atom. The molecule has 4 heteroatoms. The van der Waals surface area contributed by atoms with Crippen LogP contribution in [0.4, 0.5) is 0 Å². The number of hydrogen-bond acceptors (Lipinski definition) is 4. The molecule has 3 rings (SSSR count). The van der Waals surface area contributed by atoms with E-state index in [4.69, 9.17) is 9.72 Å². The van der Waals surface area contributed by atoms with E-state index in [0.717, 1.165) is 32.7 Å². The number of para-hydroxylation sites is 1. The van der Waals surface area contributed by atoms with Crippen LogP contribution in [0.2, 0.25) is 0 Å². The zero-order valence-corrected chi connectivity index (χ0v) is 12.9. The summed E-state index contributed by atoms with van der Waals surface area (Å²) >= 11 is 1.85. The summed E-state index contributed by atoms with van der Waals surface area (Å²) in [5, 5.41) is 1.29. The van der Waals surface area contributed by atoms with Crippen LogP contribution in [-0.4, -0.2) is 42.7 Å². The van der Waals surface area contributed by atoms with Gasteiger partial charge in [0.1, 0.15) is 0 Å². The monoisotopic (exact) mass is 290 g/mol. The van der Waals surface area contributed by atoms with Crippen molar-refractivity contribution >= 4 is 21.6 Å². The van der Waals surface area contributed by atoms with Crippen LogP contribution in [0, 0.1) is 6.92 Å². The summed E-state index contributed by atoms with van der Waals surface area (Å²) in [5.41, 5.74) is 2.49. The first-order chi connectivity index (χ1) is 9.83. The maximum atomic E-state index is 5.37. The third-order valence-electron chi connectivity index (χ3n) is 3.88. The lowest BCUT2D eigenvalue weighted by molar-refractivity contribution is 0.0372. The van der Waals surface area contributed by atoms with Crippen LogP contribution in [0.1, 0.15) is 23.4 Å². The molecule has 0 N–H and O–H groups in total. The maximum Gasteiger partial charge on any atom is 0.0938 e. The third kappa shape index (κ3) is 3.37. The fourth-order valence-corrected chi connectivity index (χ4v) is 3.76. The topological polar surface area (TPSA) is 25.4 Å². The number of ether oxygens (including phenoxy) is 1. The van der Waals surface area contributed by atoms with Gasteiger partial charge in [0.05, 0.1) is 28.4 Å². The lowest BCUT2D eigenvalue weighted by atomic mass is 10.2. The van der Waals surface area contributed by atoms with Crippen molar-refractivity contribution in [2.24, 2.45) is 0 Å². The molecule has 2 aromatic rings. The molecule has 1 aromatic carbocycles. The molecule has 1 aliphatic heterocycles. The van der Waals surface area contributed by atoms with Gasteiger partial charge in [-0.2, -0.15) is 0 Å². The molecule has 1 aliphatic rings. The third-order valence-corrected chi connectivity index (χ3v) is 4.96. The standard InChI is InChI=1S/C16H22N2OS/c1-13-5-4-6-14-16(13)17-15(20-14)7-2-3-8-18-9-11-19-12-10-18/h4-6H,2-3,7-12H2,1H3. The predicted molar refractivity (Wildman–Crippen MR) is 84.6 cm³/mol. The number of unbranched alkanes of at least 4 members (excludes halogenated alkanes) is 1. The number of thiazole rings is 1. The number of benzene rings is 1. The molecule has 0 aliphatic carbocycles. The van der Waals surface area contributed by atoms with Gasteiger partial charge < -0.3 is 4.74 Å². The van der Waals surface area contributed by atoms with Crippen molar-refractivity contribution in [3.05, 3.63) is 28.8 Å². The van der Waals surface area contributed by atoms with E-state index < -0.39 is 0 Å². The molecule has 0 amide bonds. The quantitative estimate of drug-likeness (QED) is 0.790. The first-order valence-electron chi connectivity index (χ1n) is 7.48. The first-order valence-corrected chi connectivity index (χ1v) is 8.30. The highest BCUT2D eigenvalue weighted by molar-refractivity contribution is 7.18. The Balaban J connectivity index is 1.48. The predicted octanol–water partition coefficient (Wildman–Crippen LogP) is 3.26. The second kappa shape index (κ2) is 6.66. The van der Waals surface area contributed by atoms with Gasteiger partial charge in [-0.25, -0.2) is 4.98 Å². The zero-order valence-electron chi connectivity index (χ0n) is 12.1. The molecule has 0 unspecified atom stereocenters. The molecule has 0 saturated carbocycles. The highest BCUT2D eigenvalue weighted by Crippen LogP contribution is 2.25. The van der Waals surface area contributed by atoms with Gasteiger partial charge in [-0.1, -0.05) is 12.1 Å². The number of rotatable bonds is 5. The summed E-state index contributed by atoms with van der Waals surface area (Å²) in [6.07, 6.45) is 3.61. The second-order valence-corrected chi connectivity index (χ2v) is 6.56. The molecule has 2 heterocycles. The number of hydrogen-bond donors (Lipinski definition) is 0. The van der Waals surface area contributed by atoms with E-state index >= 15 is 0 Å². The number of nitrogens with zero attached hydrogens (tertiary/aromatic N) is 2. The largest absolute Gasteiger partial charge is 0.379 e. The van der Waals surface area contributed by atoms with E-state index in [1.807, 2.05) is 11.3 Å². The molecule has 0 atom stereocenters. The van der Waals surface area contributed by atoms with Crippen molar-refractivity contribution in [3.8, 4) is 0 Å². The van der Waals surface area contributed by atoms with Gasteiger partial charge in [0.25, 0.3) is 0 Å². The van der Waals surface area contributed by atoms with Gasteiger partial charge in [-0.3, -0.25) is 4.90 Å². The van der Waals surface area contributed by atoms with Gasteiger partial charge in [-0.05, 0) is 44.4 Å². The van der Waals surface area contributed by atoms with Gasteiger partial charge in [0.2, 0.25) is 0 Å². The minimum absolute atomic E-state index is 0.900. The molecule has 0 bridgehead atoms. The van der Waals surface area contributed by atoms with Crippen LogP contribution in [0.5, 0.6) is 0 Å². The lowest BCUT2D eigenvalue weighted by Gasteiger charge is -2.26. The fourth-order valence-electron chi connectivity index (χ4n) is 2.68. The van der Waals surface area contributed by atoms with Gasteiger partial charge >= 0.3 is 0 Å². The number of morpholine rings is 1. The Bertz CT molecular complexity index is 561. The molecule has 20 heavy (non-hydrogen) atoms. The summed E-state index contributed by atoms with van der Waals surface area (Å²) in [5.74, 6) is 0. The molecule has 1 saturated heterocycles. The van der Waals surface area contributed by atoms with Crippen LogP contribution in [0.3, 0.4) is 0 Å². The maximum absolute atomic E-state index is 5.37. The number of aromatic nitrogens is 1. The fraction of sp³-hybridized carbons (Fsp3) is 0.562. The molecule has 0 radical (unpaired) electrons. The number of fused-ring (bicyclic) bond motifs is 1. The van der Waals surface area contributed by atoms with Crippen molar-refractivity contribution in [1.29, 1.82) is 0 Å². The average molecular weight is 290 g/mol. The summed E-state index contributed by atoms with van der Waals surface area (Å²) in [7, 11) is 0. The van der Waals surface area contributed by atoms with E-state index in [9.17, 15) is 0 Å². The summed E-state index contributed by atoms with van der Waals surface area (Å²) in [6.45, 7) is 7.34. The summed E-state index contributed by atoms with van der Waals surface area (Å²) in [4.78, 5) is 7.29. The highest BCUT2D eigenvalue weighted by atomic mass is 32.1. The minimum atomic E-state index is 0.900. The second-order valence-electron chi connectivity index (χ2n) is 5.44. The first kappa shape index (κ1) is 14.0. The number of aryl methyl sites for hydroxylation is 2. The molecule has 1 fully saturated rings. The van der Waals surface area contributed by atoms with E-state index in [1.54, 1.807) is 0 Å². The minimum Gasteiger partial charge on any atom is -0.379 e. The molecule has 108 valence electrons. The van der Waals surface area contributed by atoms with Crippen LogP contribution >= 0.6 is 11.3 Å². The molecule has 0 spiro atoms. The van der Waals surface area contributed by atoms with E-state index in [0.29, 0.717) is 0 Å². The average Bonchev–Trinajstić information content (AvgIpc) is 2.89. The van der Waals surface area contributed by atoms with Gasteiger partial charge in [0.15, 0.2) is 0 Å².